The van der Waals surface area contributed by atoms with E-state index in [9.17, 15) is 0 Å². The summed E-state index contributed by atoms with van der Waals surface area (Å²) in [6.07, 6.45) is 0. The first-order valence-electron chi connectivity index (χ1n) is 3.57. The summed E-state index contributed by atoms with van der Waals surface area (Å²) in [5, 5.41) is 0. The van der Waals surface area contributed by atoms with Crippen molar-refractivity contribution < 1.29 is 0 Å². The third-order valence-corrected chi connectivity index (χ3v) is 2.42. The Hall–Kier alpha value is -0.0800. The molecule has 0 aromatic heterocycles. The third-order valence-electron chi connectivity index (χ3n) is 2.42. The second-order valence-corrected chi connectivity index (χ2v) is 3.84. The molecule has 2 saturated heterocycles. The predicted molar refractivity (Wildman–Crippen MR) is 37.4 cm³/mol. The molecule has 2 rings (SSSR count). The van der Waals surface area contributed by atoms with Crippen LogP contribution in [0.5, 0.6) is 0 Å². The molecule has 2 aliphatic heterocycles. The fraction of sp³-hybridized carbons (Fsp3) is 1.00. The maximum absolute atomic E-state index is 2.40. The molecule has 2 nitrogen and oxygen atoms in total. The van der Waals surface area contributed by atoms with Gasteiger partial charge in [0, 0.05) is 31.6 Å². The second-order valence-electron chi connectivity index (χ2n) is 3.84. The first kappa shape index (κ1) is 5.69. The van der Waals surface area contributed by atoms with Crippen LogP contribution in [0, 0.1) is 5.41 Å². The number of likely N-dealkylation sites (tertiary alicyclic amines) is 2. The van der Waals surface area contributed by atoms with Gasteiger partial charge in [-0.1, -0.05) is 0 Å². The van der Waals surface area contributed by atoms with Crippen LogP contribution in [0.25, 0.3) is 0 Å². The summed E-state index contributed by atoms with van der Waals surface area (Å²) in [5.74, 6) is 0. The lowest BCUT2D eigenvalue weighted by Gasteiger charge is -2.58. The molecule has 0 unspecified atom stereocenters. The van der Waals surface area contributed by atoms with Gasteiger partial charge in [0.05, 0.1) is 0 Å². The molecule has 1 spiro atoms. The van der Waals surface area contributed by atoms with Crippen molar-refractivity contribution in [3.05, 3.63) is 0 Å². The van der Waals surface area contributed by atoms with Crippen molar-refractivity contribution in [2.75, 3.05) is 40.3 Å². The third kappa shape index (κ3) is 0.700. The summed E-state index contributed by atoms with van der Waals surface area (Å²) in [7, 11) is 4.40. The Morgan fingerprint density at radius 3 is 1.44 bits per heavy atom. The molecule has 0 bridgehead atoms. The quantitative estimate of drug-likeness (QED) is 0.446. The molecule has 0 aliphatic carbocycles. The maximum atomic E-state index is 2.40. The minimum Gasteiger partial charge on any atom is -0.305 e. The molecule has 0 saturated carbocycles. The van der Waals surface area contributed by atoms with Crippen molar-refractivity contribution in [3.8, 4) is 0 Å². The Morgan fingerprint density at radius 2 is 1.22 bits per heavy atom. The molecule has 0 aromatic carbocycles. The molecular formula is C7H14N2. The van der Waals surface area contributed by atoms with Gasteiger partial charge in [-0.3, -0.25) is 0 Å². The minimum absolute atomic E-state index is 0.740. The van der Waals surface area contributed by atoms with E-state index in [0.717, 1.165) is 5.41 Å². The highest BCUT2D eigenvalue weighted by molar-refractivity contribution is 5.03. The van der Waals surface area contributed by atoms with Gasteiger partial charge in [-0.2, -0.15) is 0 Å². The van der Waals surface area contributed by atoms with Gasteiger partial charge in [0.1, 0.15) is 0 Å². The molecule has 2 fully saturated rings. The monoisotopic (exact) mass is 126 g/mol. The van der Waals surface area contributed by atoms with Crippen LogP contribution in [-0.2, 0) is 0 Å². The summed E-state index contributed by atoms with van der Waals surface area (Å²) in [6.45, 7) is 5.32. The number of nitrogens with zero attached hydrogens (tertiary/aromatic N) is 2. The fourth-order valence-corrected chi connectivity index (χ4v) is 2.40. The summed E-state index contributed by atoms with van der Waals surface area (Å²) in [6, 6.07) is 0. The molecule has 9 heavy (non-hydrogen) atoms. The lowest BCUT2D eigenvalue weighted by Crippen LogP contribution is -2.70. The minimum atomic E-state index is 0.740. The van der Waals surface area contributed by atoms with Gasteiger partial charge in [0.25, 0.3) is 0 Å². The highest BCUT2D eigenvalue weighted by atomic mass is 15.3. The molecule has 0 aromatic rings. The Kier molecular flexibility index (Phi) is 0.945. The fourth-order valence-electron chi connectivity index (χ4n) is 2.40. The first-order chi connectivity index (χ1) is 4.20. The lowest BCUT2D eigenvalue weighted by molar-refractivity contribution is -0.0926. The highest BCUT2D eigenvalue weighted by Crippen LogP contribution is 2.37. The van der Waals surface area contributed by atoms with Crippen LogP contribution < -0.4 is 0 Å². The number of rotatable bonds is 0. The summed E-state index contributed by atoms with van der Waals surface area (Å²) in [4.78, 5) is 4.79. The van der Waals surface area contributed by atoms with Gasteiger partial charge in [0.2, 0.25) is 0 Å². The van der Waals surface area contributed by atoms with E-state index < -0.39 is 0 Å². The smallest absolute Gasteiger partial charge is 0.0211 e. The normalized spacial score (nSPS) is 34.0. The van der Waals surface area contributed by atoms with Crippen LogP contribution in [0.2, 0.25) is 0 Å². The molecule has 2 heteroatoms. The summed E-state index contributed by atoms with van der Waals surface area (Å²) in [5.41, 5.74) is 0.740. The van der Waals surface area contributed by atoms with Crippen molar-refractivity contribution in [2.24, 2.45) is 5.41 Å². The molecule has 0 amide bonds. The van der Waals surface area contributed by atoms with Gasteiger partial charge in [0.15, 0.2) is 0 Å². The molecule has 2 aliphatic rings. The van der Waals surface area contributed by atoms with E-state index in [1.54, 1.807) is 0 Å². The maximum Gasteiger partial charge on any atom is 0.0211 e. The van der Waals surface area contributed by atoms with Crippen LogP contribution >= 0.6 is 0 Å². The zero-order chi connectivity index (χ0) is 6.48. The van der Waals surface area contributed by atoms with E-state index in [1.807, 2.05) is 0 Å². The molecule has 2 heterocycles. The van der Waals surface area contributed by atoms with E-state index in [0.29, 0.717) is 0 Å². The van der Waals surface area contributed by atoms with Crippen molar-refractivity contribution in [1.29, 1.82) is 0 Å². The van der Waals surface area contributed by atoms with E-state index >= 15 is 0 Å². The average Bonchev–Trinajstić information content (AvgIpc) is 1.58. The van der Waals surface area contributed by atoms with Crippen molar-refractivity contribution in [2.45, 2.75) is 0 Å². The zero-order valence-corrected chi connectivity index (χ0v) is 6.22. The largest absolute Gasteiger partial charge is 0.305 e. The molecule has 0 radical (unpaired) electrons. The zero-order valence-electron chi connectivity index (χ0n) is 6.22. The van der Waals surface area contributed by atoms with Crippen molar-refractivity contribution in [3.63, 3.8) is 0 Å². The van der Waals surface area contributed by atoms with Gasteiger partial charge < -0.3 is 9.80 Å². The van der Waals surface area contributed by atoms with Crippen molar-refractivity contribution >= 4 is 0 Å². The van der Waals surface area contributed by atoms with E-state index in [-0.39, 0.29) is 0 Å². The molecule has 52 valence electrons. The van der Waals surface area contributed by atoms with Crippen LogP contribution in [0.3, 0.4) is 0 Å². The Morgan fingerprint density at radius 1 is 0.889 bits per heavy atom. The van der Waals surface area contributed by atoms with Crippen LogP contribution in [0.1, 0.15) is 0 Å². The Balaban J connectivity index is 1.87. The first-order valence-corrected chi connectivity index (χ1v) is 3.57. The van der Waals surface area contributed by atoms with Gasteiger partial charge in [-0.15, -0.1) is 0 Å². The molecule has 0 atom stereocenters. The highest BCUT2D eigenvalue weighted by Gasteiger charge is 2.48. The topological polar surface area (TPSA) is 6.48 Å². The SMILES string of the molecule is CN1CC2(C1)CN(C)C2. The van der Waals surface area contributed by atoms with E-state index in [1.165, 1.54) is 26.2 Å². The van der Waals surface area contributed by atoms with Crippen LogP contribution in [0.4, 0.5) is 0 Å². The summed E-state index contributed by atoms with van der Waals surface area (Å²) < 4.78 is 0. The number of hydrogen-bond donors (Lipinski definition) is 0. The standard InChI is InChI=1S/C7H14N2/c1-8-3-7(4-8)5-9(2)6-7/h3-6H2,1-2H3. The predicted octanol–water partition coefficient (Wildman–Crippen LogP) is -0.136. The van der Waals surface area contributed by atoms with Gasteiger partial charge in [-0.25, -0.2) is 0 Å². The summed E-state index contributed by atoms with van der Waals surface area (Å²) >= 11 is 0. The molecule has 0 N–H and O–H groups in total. The van der Waals surface area contributed by atoms with E-state index in [4.69, 9.17) is 0 Å². The lowest BCUT2D eigenvalue weighted by atomic mass is 9.74. The van der Waals surface area contributed by atoms with Gasteiger partial charge >= 0.3 is 0 Å². The van der Waals surface area contributed by atoms with E-state index in [2.05, 4.69) is 23.9 Å². The Bertz CT molecular complexity index is 101. The molecular weight excluding hydrogens is 112 g/mol. The van der Waals surface area contributed by atoms with Crippen LogP contribution in [0.15, 0.2) is 0 Å². The Labute approximate surface area is 56.4 Å². The second kappa shape index (κ2) is 1.50. The van der Waals surface area contributed by atoms with Crippen LogP contribution in [-0.4, -0.2) is 50.1 Å². The number of hydrogen-bond acceptors (Lipinski definition) is 2. The van der Waals surface area contributed by atoms with Crippen molar-refractivity contribution in [1.82, 2.24) is 9.80 Å². The van der Waals surface area contributed by atoms with Gasteiger partial charge in [-0.05, 0) is 14.1 Å². The average molecular weight is 126 g/mol.